The first-order chi connectivity index (χ1) is 13.3. The van der Waals surface area contributed by atoms with Crippen molar-refractivity contribution in [3.8, 4) is 0 Å². The normalized spacial score (nSPS) is 22.2. The van der Waals surface area contributed by atoms with Gasteiger partial charge in [-0.2, -0.15) is 0 Å². The molecule has 0 aliphatic carbocycles. The molecule has 0 bridgehead atoms. The maximum Gasteiger partial charge on any atom is 0.315 e. The van der Waals surface area contributed by atoms with E-state index in [2.05, 4.69) is 4.99 Å². The second-order valence-electron chi connectivity index (χ2n) is 6.31. The number of carbonyl (C=O) groups is 1. The van der Waals surface area contributed by atoms with Gasteiger partial charge in [0.05, 0.1) is 26.0 Å². The molecule has 7 nitrogen and oxygen atoms in total. The minimum Gasteiger partial charge on any atom is -0.468 e. The highest BCUT2D eigenvalue weighted by Gasteiger charge is 2.42. The lowest BCUT2D eigenvalue weighted by atomic mass is 9.75. The van der Waals surface area contributed by atoms with Crippen molar-refractivity contribution in [3.05, 3.63) is 34.0 Å². The minimum absolute atomic E-state index is 0.132. The Kier molecular flexibility index (Phi) is 10.6. The van der Waals surface area contributed by atoms with Crippen molar-refractivity contribution in [2.45, 2.75) is 34.0 Å². The average Bonchev–Trinajstić information content (AvgIpc) is 2.66. The first-order valence-electron chi connectivity index (χ1n) is 9.26. The molecule has 0 saturated carbocycles. The minimum atomic E-state index is -1.26. The third kappa shape index (κ3) is 5.99. The van der Waals surface area contributed by atoms with Gasteiger partial charge in [-0.25, -0.2) is 0 Å². The van der Waals surface area contributed by atoms with E-state index in [0.717, 1.165) is 0 Å². The highest BCUT2D eigenvalue weighted by atomic mass is 35.5. The van der Waals surface area contributed by atoms with Crippen LogP contribution >= 0.6 is 11.6 Å². The van der Waals surface area contributed by atoms with Crippen LogP contribution in [0.1, 0.15) is 27.7 Å². The fourth-order valence-electron chi connectivity index (χ4n) is 3.20. The number of hydrogen-bond donors (Lipinski definition) is 2. The van der Waals surface area contributed by atoms with Gasteiger partial charge in [0.1, 0.15) is 5.92 Å². The van der Waals surface area contributed by atoms with Crippen LogP contribution < -0.4 is 5.73 Å². The van der Waals surface area contributed by atoms with Crippen molar-refractivity contribution < 1.29 is 24.1 Å². The molecule has 1 aliphatic heterocycles. The summed E-state index contributed by atoms with van der Waals surface area (Å²) < 4.78 is 16.0. The lowest BCUT2D eigenvalue weighted by Gasteiger charge is -2.35. The van der Waals surface area contributed by atoms with Gasteiger partial charge in [-0.15, -0.1) is 0 Å². The molecule has 0 amide bonds. The predicted octanol–water partition coefficient (Wildman–Crippen LogP) is 2.54. The Morgan fingerprint density at radius 3 is 2.64 bits per heavy atom. The Labute approximate surface area is 171 Å². The van der Waals surface area contributed by atoms with Crippen LogP contribution in [0.5, 0.6) is 0 Å². The molecule has 28 heavy (non-hydrogen) atoms. The van der Waals surface area contributed by atoms with Gasteiger partial charge < -0.3 is 25.1 Å². The zero-order valence-corrected chi connectivity index (χ0v) is 18.0. The maximum atomic E-state index is 12.6. The van der Waals surface area contributed by atoms with Gasteiger partial charge in [-0.3, -0.25) is 9.79 Å². The first kappa shape index (κ1) is 24.5. The molecular weight excluding hydrogens is 384 g/mol. The summed E-state index contributed by atoms with van der Waals surface area (Å²) in [6, 6.07) is 0. The molecule has 3 atom stereocenters. The highest BCUT2D eigenvalue weighted by Crippen LogP contribution is 2.40. The summed E-state index contributed by atoms with van der Waals surface area (Å²) in [4.78, 5) is 17.1. The molecule has 3 unspecified atom stereocenters. The fourth-order valence-corrected chi connectivity index (χ4v) is 3.45. The highest BCUT2D eigenvalue weighted by molar-refractivity contribution is 6.31. The number of methoxy groups -OCH3 is 1. The number of nitrogens with two attached hydrogens (primary N) is 1. The average molecular weight is 415 g/mol. The molecular formula is C20H31ClN2O5. The van der Waals surface area contributed by atoms with E-state index in [-0.39, 0.29) is 13.2 Å². The monoisotopic (exact) mass is 414 g/mol. The van der Waals surface area contributed by atoms with Gasteiger partial charge in [0.25, 0.3) is 0 Å². The summed E-state index contributed by atoms with van der Waals surface area (Å²) in [7, 11) is 1.32. The van der Waals surface area contributed by atoms with Crippen LogP contribution in [0, 0.1) is 11.8 Å². The van der Waals surface area contributed by atoms with Crippen LogP contribution in [0.15, 0.2) is 39.0 Å². The number of aliphatic hydroxyl groups excluding tert-OH is 1. The van der Waals surface area contributed by atoms with Gasteiger partial charge >= 0.3 is 5.97 Å². The lowest BCUT2D eigenvalue weighted by Crippen LogP contribution is -2.40. The summed E-state index contributed by atoms with van der Waals surface area (Å²) in [5, 5.41) is 11.2. The van der Waals surface area contributed by atoms with Crippen molar-refractivity contribution >= 4 is 23.3 Å². The van der Waals surface area contributed by atoms with Crippen molar-refractivity contribution in [3.63, 3.8) is 0 Å². The van der Waals surface area contributed by atoms with Gasteiger partial charge in [0.15, 0.2) is 6.29 Å². The van der Waals surface area contributed by atoms with Crippen molar-refractivity contribution in [1.82, 2.24) is 0 Å². The van der Waals surface area contributed by atoms with E-state index in [1.54, 1.807) is 26.0 Å². The number of rotatable bonds is 10. The third-order valence-corrected chi connectivity index (χ3v) is 4.89. The Morgan fingerprint density at radius 2 is 2.11 bits per heavy atom. The van der Waals surface area contributed by atoms with Crippen molar-refractivity contribution in [2.75, 3.05) is 33.5 Å². The van der Waals surface area contributed by atoms with E-state index >= 15 is 0 Å². The number of hydrogen-bond acceptors (Lipinski definition) is 7. The van der Waals surface area contributed by atoms with E-state index in [1.807, 2.05) is 13.8 Å². The Hall–Kier alpha value is -1.51. The van der Waals surface area contributed by atoms with Crippen LogP contribution in [0.2, 0.25) is 0 Å². The quantitative estimate of drug-likeness (QED) is 0.246. The molecule has 0 aromatic heterocycles. The number of ether oxygens (including phenoxy) is 3. The zero-order chi connectivity index (χ0) is 21.3. The molecule has 0 radical (unpaired) electrons. The molecule has 0 aromatic rings. The van der Waals surface area contributed by atoms with Crippen LogP contribution in [-0.2, 0) is 19.0 Å². The van der Waals surface area contributed by atoms with Crippen molar-refractivity contribution in [2.24, 2.45) is 22.6 Å². The smallest absolute Gasteiger partial charge is 0.315 e. The first-order valence-corrected chi connectivity index (χ1v) is 9.64. The summed E-state index contributed by atoms with van der Waals surface area (Å²) in [5.74, 6) is -1.77. The van der Waals surface area contributed by atoms with E-state index in [0.29, 0.717) is 40.7 Å². The molecule has 1 rings (SSSR count). The molecule has 0 spiro atoms. The van der Waals surface area contributed by atoms with Crippen molar-refractivity contribution in [1.29, 1.82) is 0 Å². The van der Waals surface area contributed by atoms with E-state index in [4.69, 9.17) is 31.5 Å². The second-order valence-corrected chi connectivity index (χ2v) is 6.72. The number of esters is 1. The standard InChI is InChI=1S/C20H31ClN2O5/c1-6-8-14(21)12(3)16-17(19(24)26-5)13(4)23-15(11-27-10-9-22)18(16)20(25)28-7-2/h6,8,16-17,20,25H,7,9-11,22H2,1-5H3. The summed E-state index contributed by atoms with van der Waals surface area (Å²) >= 11 is 6.46. The number of halogens is 1. The SMILES string of the molecule is CC=CC(Cl)=C(C)C1C(C(O)OCC)=C(COCCN)N=C(C)C1C(=O)OC. The second kappa shape index (κ2) is 12.1. The molecule has 3 N–H and O–H groups in total. The number of aliphatic imine (C=N–C) groups is 1. The van der Waals surface area contributed by atoms with Crippen LogP contribution in [0.4, 0.5) is 0 Å². The number of aliphatic hydroxyl groups is 1. The molecule has 1 aliphatic rings. The number of allylic oxidation sites excluding steroid dienone is 4. The van der Waals surface area contributed by atoms with E-state index in [1.165, 1.54) is 7.11 Å². The van der Waals surface area contributed by atoms with E-state index < -0.39 is 24.1 Å². The lowest BCUT2D eigenvalue weighted by molar-refractivity contribution is -0.144. The Bertz CT molecular complexity index is 670. The van der Waals surface area contributed by atoms with Crippen LogP contribution in [-0.4, -0.2) is 56.6 Å². The van der Waals surface area contributed by atoms with Gasteiger partial charge in [0, 0.05) is 35.4 Å². The summed E-state index contributed by atoms with van der Waals surface area (Å²) in [6.45, 7) is 8.30. The van der Waals surface area contributed by atoms with Gasteiger partial charge in [-0.1, -0.05) is 17.7 Å². The predicted molar refractivity (Wildman–Crippen MR) is 110 cm³/mol. The molecule has 1 heterocycles. The number of nitrogens with zero attached hydrogens (tertiary/aromatic N) is 1. The van der Waals surface area contributed by atoms with Gasteiger partial charge in [0.2, 0.25) is 0 Å². The van der Waals surface area contributed by atoms with Gasteiger partial charge in [-0.05, 0) is 39.3 Å². The molecule has 8 heteroatoms. The van der Waals surface area contributed by atoms with Crippen LogP contribution in [0.3, 0.4) is 0 Å². The van der Waals surface area contributed by atoms with Crippen LogP contribution in [0.25, 0.3) is 0 Å². The molecule has 0 saturated heterocycles. The number of carbonyl (C=O) groups excluding carboxylic acids is 1. The topological polar surface area (TPSA) is 103 Å². The molecule has 158 valence electrons. The Morgan fingerprint density at radius 1 is 1.43 bits per heavy atom. The summed E-state index contributed by atoms with van der Waals surface area (Å²) in [6.07, 6.45) is 2.28. The zero-order valence-electron chi connectivity index (χ0n) is 17.2. The largest absolute Gasteiger partial charge is 0.468 e. The fraction of sp³-hybridized carbons (Fsp3) is 0.600. The molecule has 0 fully saturated rings. The third-order valence-electron chi connectivity index (χ3n) is 4.47. The van der Waals surface area contributed by atoms with E-state index in [9.17, 15) is 9.90 Å². The molecule has 0 aromatic carbocycles. The maximum absolute atomic E-state index is 12.6. The Balaban J connectivity index is 3.64. The summed E-state index contributed by atoms with van der Waals surface area (Å²) in [5.41, 5.74) is 7.70.